The van der Waals surface area contributed by atoms with Crippen molar-refractivity contribution in [2.24, 2.45) is 5.73 Å². The van der Waals surface area contributed by atoms with Crippen LogP contribution < -0.4 is 10.5 Å². The molecule has 0 aliphatic rings. The van der Waals surface area contributed by atoms with Crippen LogP contribution in [0.15, 0.2) is 41.0 Å². The first kappa shape index (κ1) is 13.2. The highest BCUT2D eigenvalue weighted by molar-refractivity contribution is 9.10. The van der Waals surface area contributed by atoms with Gasteiger partial charge in [-0.05, 0) is 42.8 Å². The number of hydrogen-bond acceptors (Lipinski definition) is 2. The van der Waals surface area contributed by atoms with Gasteiger partial charge >= 0.3 is 0 Å². The third kappa shape index (κ3) is 2.76. The van der Waals surface area contributed by atoms with E-state index in [-0.39, 0.29) is 6.04 Å². The maximum Gasteiger partial charge on any atom is 0.119 e. The van der Waals surface area contributed by atoms with Gasteiger partial charge in [0.05, 0.1) is 7.11 Å². The molecular weight excluding hydrogens is 292 g/mol. The minimum Gasteiger partial charge on any atom is -0.497 e. The van der Waals surface area contributed by atoms with Gasteiger partial charge in [0.1, 0.15) is 5.75 Å². The predicted octanol–water partition coefficient (Wildman–Crippen LogP) is 3.33. The molecule has 0 fully saturated rings. The first-order valence-corrected chi connectivity index (χ1v) is 6.64. The second-order valence-electron chi connectivity index (χ2n) is 4.31. The van der Waals surface area contributed by atoms with Crippen LogP contribution in [0.25, 0.3) is 0 Å². The molecule has 4 heteroatoms. The van der Waals surface area contributed by atoms with Gasteiger partial charge in [-0.2, -0.15) is 0 Å². The van der Waals surface area contributed by atoms with E-state index < -0.39 is 0 Å². The topological polar surface area (TPSA) is 40.2 Å². The summed E-state index contributed by atoms with van der Waals surface area (Å²) in [6.45, 7) is 2.77. The zero-order valence-electron chi connectivity index (χ0n) is 10.6. The average Bonchev–Trinajstić information content (AvgIpc) is 2.80. The molecule has 1 aromatic heterocycles. The largest absolute Gasteiger partial charge is 0.497 e. The predicted molar refractivity (Wildman–Crippen MR) is 76.8 cm³/mol. The number of halogens is 1. The Morgan fingerprint density at radius 1 is 1.39 bits per heavy atom. The molecule has 3 nitrogen and oxygen atoms in total. The van der Waals surface area contributed by atoms with Crippen molar-refractivity contribution in [3.8, 4) is 5.75 Å². The van der Waals surface area contributed by atoms with Crippen molar-refractivity contribution < 1.29 is 4.74 Å². The van der Waals surface area contributed by atoms with Gasteiger partial charge < -0.3 is 15.0 Å². The van der Waals surface area contributed by atoms with Crippen LogP contribution in [0.2, 0.25) is 0 Å². The fraction of sp³-hybridized carbons (Fsp3) is 0.286. The van der Waals surface area contributed by atoms with Crippen molar-refractivity contribution in [1.82, 2.24) is 4.57 Å². The molecule has 2 N–H and O–H groups in total. The van der Waals surface area contributed by atoms with Gasteiger partial charge in [0.2, 0.25) is 0 Å². The summed E-state index contributed by atoms with van der Waals surface area (Å²) < 4.78 is 8.49. The Labute approximate surface area is 116 Å². The van der Waals surface area contributed by atoms with E-state index in [1.165, 1.54) is 5.56 Å². The molecule has 0 bridgehead atoms. The fourth-order valence-corrected chi connectivity index (χ4v) is 2.34. The molecule has 1 atom stereocenters. The number of nitrogens with two attached hydrogens (primary N) is 1. The fourth-order valence-electron chi connectivity index (χ4n) is 1.97. The number of rotatable bonds is 4. The lowest BCUT2D eigenvalue weighted by atomic mass is 10.2. The van der Waals surface area contributed by atoms with Crippen LogP contribution in [0.5, 0.6) is 5.75 Å². The summed E-state index contributed by atoms with van der Waals surface area (Å²) in [6.07, 6.45) is 2.05. The standard InChI is InChI=1S/C14H17BrN2O/c1-10(16)14-4-3-7-17(14)9-11-8-12(18-2)5-6-13(11)15/h3-8,10H,9,16H2,1-2H3. The summed E-state index contributed by atoms with van der Waals surface area (Å²) in [5.74, 6) is 0.864. The van der Waals surface area contributed by atoms with Crippen LogP contribution in [0.1, 0.15) is 24.2 Å². The van der Waals surface area contributed by atoms with Crippen molar-refractivity contribution in [3.05, 3.63) is 52.3 Å². The summed E-state index contributed by atoms with van der Waals surface area (Å²) in [5, 5.41) is 0. The van der Waals surface area contributed by atoms with Crippen LogP contribution in [-0.2, 0) is 6.54 Å². The summed E-state index contributed by atoms with van der Waals surface area (Å²) in [6, 6.07) is 10.1. The lowest BCUT2D eigenvalue weighted by Gasteiger charge is -2.14. The van der Waals surface area contributed by atoms with Crippen molar-refractivity contribution in [1.29, 1.82) is 0 Å². The van der Waals surface area contributed by atoms with Gasteiger partial charge in [0.15, 0.2) is 0 Å². The van der Waals surface area contributed by atoms with Gasteiger partial charge in [0, 0.05) is 29.0 Å². The normalized spacial score (nSPS) is 12.4. The third-order valence-electron chi connectivity index (χ3n) is 2.92. The Bertz CT molecular complexity index is 534. The highest BCUT2D eigenvalue weighted by Gasteiger charge is 2.08. The molecule has 18 heavy (non-hydrogen) atoms. The maximum atomic E-state index is 5.95. The molecule has 0 spiro atoms. The zero-order chi connectivity index (χ0) is 13.1. The summed E-state index contributed by atoms with van der Waals surface area (Å²) >= 11 is 3.57. The van der Waals surface area contributed by atoms with Crippen LogP contribution in [-0.4, -0.2) is 11.7 Å². The molecule has 2 rings (SSSR count). The molecule has 0 aliphatic heterocycles. The second-order valence-corrected chi connectivity index (χ2v) is 5.16. The van der Waals surface area contributed by atoms with E-state index >= 15 is 0 Å². The van der Waals surface area contributed by atoms with Crippen LogP contribution in [0.3, 0.4) is 0 Å². The summed E-state index contributed by atoms with van der Waals surface area (Å²) in [5.41, 5.74) is 8.25. The molecule has 0 amide bonds. The molecule has 1 heterocycles. The molecule has 0 radical (unpaired) electrons. The Balaban J connectivity index is 2.30. The minimum absolute atomic E-state index is 0.0318. The van der Waals surface area contributed by atoms with E-state index in [2.05, 4.69) is 26.6 Å². The van der Waals surface area contributed by atoms with Crippen LogP contribution in [0.4, 0.5) is 0 Å². The summed E-state index contributed by atoms with van der Waals surface area (Å²) in [4.78, 5) is 0. The smallest absolute Gasteiger partial charge is 0.119 e. The number of benzene rings is 1. The molecule has 2 aromatic rings. The molecule has 1 unspecified atom stereocenters. The third-order valence-corrected chi connectivity index (χ3v) is 3.70. The minimum atomic E-state index is 0.0318. The van der Waals surface area contributed by atoms with Crippen LogP contribution in [0, 0.1) is 0 Å². The van der Waals surface area contributed by atoms with E-state index in [1.807, 2.05) is 37.4 Å². The highest BCUT2D eigenvalue weighted by atomic mass is 79.9. The van der Waals surface area contributed by atoms with Crippen molar-refractivity contribution in [2.45, 2.75) is 19.5 Å². The van der Waals surface area contributed by atoms with Gasteiger partial charge in [-0.15, -0.1) is 0 Å². The highest BCUT2D eigenvalue weighted by Crippen LogP contribution is 2.24. The monoisotopic (exact) mass is 308 g/mol. The lowest BCUT2D eigenvalue weighted by Crippen LogP contribution is -2.12. The van der Waals surface area contributed by atoms with Crippen LogP contribution >= 0.6 is 15.9 Å². The van der Waals surface area contributed by atoms with Gasteiger partial charge in [-0.25, -0.2) is 0 Å². The number of aromatic nitrogens is 1. The van der Waals surface area contributed by atoms with E-state index in [0.717, 1.165) is 22.5 Å². The Hall–Kier alpha value is -1.26. The SMILES string of the molecule is COc1ccc(Br)c(Cn2cccc2C(C)N)c1. The summed E-state index contributed by atoms with van der Waals surface area (Å²) in [7, 11) is 1.68. The average molecular weight is 309 g/mol. The molecule has 96 valence electrons. The Kier molecular flexibility index (Phi) is 4.09. The maximum absolute atomic E-state index is 5.95. The first-order chi connectivity index (χ1) is 8.61. The number of methoxy groups -OCH3 is 1. The number of nitrogens with zero attached hydrogens (tertiary/aromatic N) is 1. The van der Waals surface area contributed by atoms with E-state index in [9.17, 15) is 0 Å². The first-order valence-electron chi connectivity index (χ1n) is 5.85. The molecule has 0 saturated carbocycles. The quantitative estimate of drug-likeness (QED) is 0.941. The van der Waals surface area contributed by atoms with E-state index in [0.29, 0.717) is 0 Å². The van der Waals surface area contributed by atoms with E-state index in [1.54, 1.807) is 7.11 Å². The second kappa shape index (κ2) is 5.59. The van der Waals surface area contributed by atoms with Crippen molar-refractivity contribution >= 4 is 15.9 Å². The molecular formula is C14H17BrN2O. The molecule has 0 saturated heterocycles. The van der Waals surface area contributed by atoms with Crippen molar-refractivity contribution in [2.75, 3.05) is 7.11 Å². The molecule has 0 aliphatic carbocycles. The van der Waals surface area contributed by atoms with Gasteiger partial charge in [-0.3, -0.25) is 0 Å². The van der Waals surface area contributed by atoms with E-state index in [4.69, 9.17) is 10.5 Å². The lowest BCUT2D eigenvalue weighted by molar-refractivity contribution is 0.414. The van der Waals surface area contributed by atoms with Gasteiger partial charge in [0.25, 0.3) is 0 Å². The zero-order valence-corrected chi connectivity index (χ0v) is 12.1. The van der Waals surface area contributed by atoms with Crippen molar-refractivity contribution in [3.63, 3.8) is 0 Å². The van der Waals surface area contributed by atoms with Gasteiger partial charge in [-0.1, -0.05) is 15.9 Å². The molecule has 1 aromatic carbocycles. The number of ether oxygens (including phenoxy) is 1. The Morgan fingerprint density at radius 2 is 2.17 bits per heavy atom. The Morgan fingerprint density at radius 3 is 2.83 bits per heavy atom. The number of hydrogen-bond donors (Lipinski definition) is 1.